The molecule has 3 aromatic rings. The minimum atomic E-state index is -3.33. The van der Waals surface area contributed by atoms with Crippen molar-refractivity contribution in [1.29, 1.82) is 0 Å². The predicted octanol–water partition coefficient (Wildman–Crippen LogP) is 3.38. The molecule has 0 spiro atoms. The van der Waals surface area contributed by atoms with Crippen LogP contribution in [0.1, 0.15) is 5.01 Å². The molecule has 0 amide bonds. The molecular formula is C18H19N3O2S3. The van der Waals surface area contributed by atoms with Crippen LogP contribution in [-0.2, 0) is 16.6 Å². The van der Waals surface area contributed by atoms with Gasteiger partial charge in [0.05, 0.1) is 12.2 Å². The van der Waals surface area contributed by atoms with Gasteiger partial charge in [-0.2, -0.15) is 4.31 Å². The standard InChI is InChI=1S/C18H19N3O2S3/c22-26(23,18-7-4-12-24-18)21-10-8-20(9-11-21)13-17-19-16(14-25-17)15-5-2-1-3-6-15/h1-7,12,14H,8-11,13H2. The average molecular weight is 406 g/mol. The Morgan fingerprint density at radius 3 is 2.42 bits per heavy atom. The van der Waals surface area contributed by atoms with Gasteiger partial charge in [0.1, 0.15) is 9.22 Å². The summed E-state index contributed by atoms with van der Waals surface area (Å²) in [7, 11) is -3.33. The highest BCUT2D eigenvalue weighted by atomic mass is 32.2. The molecule has 0 unspecified atom stereocenters. The number of thiazole rings is 1. The lowest BCUT2D eigenvalue weighted by Gasteiger charge is -2.33. The van der Waals surface area contributed by atoms with Crippen molar-refractivity contribution in [3.05, 3.63) is 58.2 Å². The Morgan fingerprint density at radius 1 is 0.962 bits per heavy atom. The normalized spacial score (nSPS) is 16.8. The molecule has 1 saturated heterocycles. The van der Waals surface area contributed by atoms with Crippen LogP contribution in [0.2, 0.25) is 0 Å². The Kier molecular flexibility index (Phi) is 5.19. The molecule has 0 aliphatic carbocycles. The van der Waals surface area contributed by atoms with Crippen LogP contribution in [0.25, 0.3) is 11.3 Å². The Bertz CT molecular complexity index is 945. The maximum Gasteiger partial charge on any atom is 0.252 e. The van der Waals surface area contributed by atoms with Gasteiger partial charge < -0.3 is 0 Å². The molecule has 1 aromatic carbocycles. The summed E-state index contributed by atoms with van der Waals surface area (Å²) in [6.07, 6.45) is 0. The van der Waals surface area contributed by atoms with E-state index in [2.05, 4.69) is 22.4 Å². The van der Waals surface area contributed by atoms with Crippen LogP contribution < -0.4 is 0 Å². The van der Waals surface area contributed by atoms with E-state index < -0.39 is 10.0 Å². The number of hydrogen-bond acceptors (Lipinski definition) is 6. The molecule has 0 atom stereocenters. The zero-order valence-electron chi connectivity index (χ0n) is 14.1. The molecule has 5 nitrogen and oxygen atoms in total. The van der Waals surface area contributed by atoms with Crippen LogP contribution in [-0.4, -0.2) is 48.8 Å². The summed E-state index contributed by atoms with van der Waals surface area (Å²) in [5.41, 5.74) is 2.13. The molecule has 1 aliphatic rings. The molecule has 1 aliphatic heterocycles. The van der Waals surface area contributed by atoms with E-state index in [9.17, 15) is 8.42 Å². The summed E-state index contributed by atoms with van der Waals surface area (Å²) >= 11 is 2.94. The number of hydrogen-bond donors (Lipinski definition) is 0. The van der Waals surface area contributed by atoms with Crippen molar-refractivity contribution in [2.24, 2.45) is 0 Å². The van der Waals surface area contributed by atoms with Crippen LogP contribution in [0.15, 0.2) is 57.4 Å². The first kappa shape index (κ1) is 17.8. The quantitative estimate of drug-likeness (QED) is 0.653. The average Bonchev–Trinajstić information content (AvgIpc) is 3.35. The zero-order chi connectivity index (χ0) is 18.0. The molecule has 136 valence electrons. The lowest BCUT2D eigenvalue weighted by Crippen LogP contribution is -2.48. The fraction of sp³-hybridized carbons (Fsp3) is 0.278. The lowest BCUT2D eigenvalue weighted by atomic mass is 10.2. The highest BCUT2D eigenvalue weighted by Crippen LogP contribution is 2.24. The lowest BCUT2D eigenvalue weighted by molar-refractivity contribution is 0.181. The molecule has 8 heteroatoms. The summed E-state index contributed by atoms with van der Waals surface area (Å²) in [6.45, 7) is 3.27. The van der Waals surface area contributed by atoms with Crippen LogP contribution in [0.5, 0.6) is 0 Å². The summed E-state index contributed by atoms with van der Waals surface area (Å²) < 4.78 is 27.2. The first-order valence-corrected chi connectivity index (χ1v) is 11.6. The maximum atomic E-state index is 12.6. The minimum Gasteiger partial charge on any atom is -0.294 e. The SMILES string of the molecule is O=S(=O)(c1cccs1)N1CCN(Cc2nc(-c3ccccc3)cs2)CC1. The fourth-order valence-corrected chi connectivity index (χ4v) is 6.39. The summed E-state index contributed by atoms with van der Waals surface area (Å²) in [6, 6.07) is 13.6. The monoisotopic (exact) mass is 405 g/mol. The number of rotatable bonds is 5. The third-order valence-corrected chi connectivity index (χ3v) is 8.51. The van der Waals surface area contributed by atoms with E-state index in [1.165, 1.54) is 11.3 Å². The van der Waals surface area contributed by atoms with E-state index >= 15 is 0 Å². The van der Waals surface area contributed by atoms with Crippen molar-refractivity contribution in [2.45, 2.75) is 10.8 Å². The van der Waals surface area contributed by atoms with Crippen molar-refractivity contribution >= 4 is 32.7 Å². The molecule has 1 fully saturated rings. The van der Waals surface area contributed by atoms with Crippen molar-refractivity contribution in [3.63, 3.8) is 0 Å². The molecule has 4 rings (SSSR count). The zero-order valence-corrected chi connectivity index (χ0v) is 16.6. The van der Waals surface area contributed by atoms with Gasteiger partial charge in [0.15, 0.2) is 0 Å². The van der Waals surface area contributed by atoms with Gasteiger partial charge in [0, 0.05) is 37.1 Å². The van der Waals surface area contributed by atoms with E-state index in [0.717, 1.165) is 35.9 Å². The first-order chi connectivity index (χ1) is 12.6. The van der Waals surface area contributed by atoms with Gasteiger partial charge in [-0.15, -0.1) is 22.7 Å². The molecule has 0 N–H and O–H groups in total. The Hall–Kier alpha value is -1.58. The largest absolute Gasteiger partial charge is 0.294 e. The van der Waals surface area contributed by atoms with E-state index in [-0.39, 0.29) is 0 Å². The van der Waals surface area contributed by atoms with Crippen molar-refractivity contribution in [1.82, 2.24) is 14.2 Å². The number of benzene rings is 1. The predicted molar refractivity (Wildman–Crippen MR) is 106 cm³/mol. The van der Waals surface area contributed by atoms with Gasteiger partial charge in [0.2, 0.25) is 0 Å². The summed E-state index contributed by atoms with van der Waals surface area (Å²) in [4.78, 5) is 7.00. The summed E-state index contributed by atoms with van der Waals surface area (Å²) in [5.74, 6) is 0. The highest BCUT2D eigenvalue weighted by molar-refractivity contribution is 7.91. The Labute approximate surface area is 161 Å². The first-order valence-electron chi connectivity index (χ1n) is 8.39. The number of nitrogens with zero attached hydrogens (tertiary/aromatic N) is 3. The van der Waals surface area contributed by atoms with Crippen LogP contribution in [0, 0.1) is 0 Å². The third-order valence-electron chi connectivity index (χ3n) is 4.40. The Morgan fingerprint density at radius 2 is 1.73 bits per heavy atom. The molecule has 0 radical (unpaired) electrons. The molecular weight excluding hydrogens is 386 g/mol. The number of sulfonamides is 1. The second-order valence-corrected chi connectivity index (χ2v) is 10.2. The van der Waals surface area contributed by atoms with Gasteiger partial charge >= 0.3 is 0 Å². The number of thiophene rings is 1. The van der Waals surface area contributed by atoms with Gasteiger partial charge in [0.25, 0.3) is 10.0 Å². The Balaban J connectivity index is 1.37. The van der Waals surface area contributed by atoms with E-state index in [1.54, 1.807) is 33.2 Å². The molecule has 2 aromatic heterocycles. The van der Waals surface area contributed by atoms with Crippen molar-refractivity contribution in [2.75, 3.05) is 26.2 Å². The van der Waals surface area contributed by atoms with Gasteiger partial charge in [-0.25, -0.2) is 13.4 Å². The highest BCUT2D eigenvalue weighted by Gasteiger charge is 2.29. The third kappa shape index (κ3) is 3.74. The number of piperazine rings is 1. The smallest absolute Gasteiger partial charge is 0.252 e. The molecule has 0 saturated carbocycles. The van der Waals surface area contributed by atoms with Crippen LogP contribution >= 0.6 is 22.7 Å². The van der Waals surface area contributed by atoms with E-state index in [1.807, 2.05) is 18.2 Å². The fourth-order valence-electron chi connectivity index (χ4n) is 2.98. The second kappa shape index (κ2) is 7.58. The van der Waals surface area contributed by atoms with Crippen molar-refractivity contribution in [3.8, 4) is 11.3 Å². The van der Waals surface area contributed by atoms with Crippen LogP contribution in [0.4, 0.5) is 0 Å². The van der Waals surface area contributed by atoms with Gasteiger partial charge in [-0.1, -0.05) is 36.4 Å². The molecule has 3 heterocycles. The van der Waals surface area contributed by atoms with Gasteiger partial charge in [-0.05, 0) is 11.4 Å². The minimum absolute atomic E-state index is 0.429. The number of aromatic nitrogens is 1. The summed E-state index contributed by atoms with van der Waals surface area (Å²) in [5, 5.41) is 4.95. The molecule has 26 heavy (non-hydrogen) atoms. The second-order valence-electron chi connectivity index (χ2n) is 6.10. The van der Waals surface area contributed by atoms with Crippen LogP contribution in [0.3, 0.4) is 0 Å². The van der Waals surface area contributed by atoms with E-state index in [4.69, 9.17) is 4.98 Å². The molecule has 0 bridgehead atoms. The topological polar surface area (TPSA) is 53.5 Å². The van der Waals surface area contributed by atoms with Crippen molar-refractivity contribution < 1.29 is 8.42 Å². The van der Waals surface area contributed by atoms with Gasteiger partial charge in [-0.3, -0.25) is 4.90 Å². The van der Waals surface area contributed by atoms with E-state index in [0.29, 0.717) is 17.3 Å². The maximum absolute atomic E-state index is 12.6.